The lowest BCUT2D eigenvalue weighted by Gasteiger charge is -2.34. The molecule has 0 fully saturated rings. The number of rotatable bonds is 6. The number of methoxy groups -OCH3 is 1. The number of hydrogen-bond donors (Lipinski definition) is 0. The van der Waals surface area contributed by atoms with Gasteiger partial charge in [0.1, 0.15) is 34.6 Å². The van der Waals surface area contributed by atoms with Crippen LogP contribution < -0.4 is 37.6 Å². The molecule has 4 aromatic carbocycles. The van der Waals surface area contributed by atoms with Crippen LogP contribution in [0.5, 0.6) is 5.75 Å². The highest BCUT2D eigenvalue weighted by Crippen LogP contribution is 2.68. The third kappa shape index (κ3) is 4.58. The van der Waals surface area contributed by atoms with Crippen LogP contribution in [-0.4, -0.2) is 7.11 Å². The molecular weight excluding hydrogens is 535 g/mol. The van der Waals surface area contributed by atoms with Crippen LogP contribution in [0.3, 0.4) is 0 Å². The maximum atomic E-state index is 6.17. The fraction of sp³-hybridized carbons (Fsp3) is 0.294. The first-order valence-electron chi connectivity index (χ1n) is 13.0. The molecule has 0 spiro atoms. The molecule has 1 unspecified atom stereocenters. The Balaban J connectivity index is 0.00000320. The lowest BCUT2D eigenvalue weighted by molar-refractivity contribution is -0.00000830. The van der Waals surface area contributed by atoms with Crippen molar-refractivity contribution in [2.75, 3.05) is 7.11 Å². The van der Waals surface area contributed by atoms with Crippen molar-refractivity contribution in [3.8, 4) is 5.75 Å². The summed E-state index contributed by atoms with van der Waals surface area (Å²) in [5, 5.41) is 4.20. The van der Waals surface area contributed by atoms with Crippen LogP contribution in [0, 0.1) is 0 Å². The van der Waals surface area contributed by atoms with Gasteiger partial charge in [-0.15, -0.1) is 0 Å². The zero-order valence-corrected chi connectivity index (χ0v) is 25.3. The van der Waals surface area contributed by atoms with E-state index in [9.17, 15) is 0 Å². The van der Waals surface area contributed by atoms with Crippen molar-refractivity contribution < 1.29 is 21.7 Å². The first-order chi connectivity index (χ1) is 17.2. The van der Waals surface area contributed by atoms with E-state index in [-0.39, 0.29) is 33.5 Å². The number of hydrogen-bond acceptors (Lipinski definition) is 1. The van der Waals surface area contributed by atoms with Crippen molar-refractivity contribution in [3.05, 3.63) is 120 Å². The van der Waals surface area contributed by atoms with Gasteiger partial charge in [-0.3, -0.25) is 0 Å². The second-order valence-electron chi connectivity index (χ2n) is 11.5. The molecule has 5 rings (SSSR count). The van der Waals surface area contributed by atoms with Crippen LogP contribution in [0.15, 0.2) is 103 Å². The average molecular weight is 574 g/mol. The summed E-state index contributed by atoms with van der Waals surface area (Å²) >= 11 is 0. The predicted molar refractivity (Wildman–Crippen MR) is 157 cm³/mol. The normalized spacial score (nSPS) is 16.4. The highest BCUT2D eigenvalue weighted by atomic mass is 79.9. The molecule has 1 atom stereocenters. The Morgan fingerprint density at radius 3 is 1.41 bits per heavy atom. The zero-order valence-electron chi connectivity index (χ0n) is 22.8. The maximum absolute atomic E-state index is 6.17. The van der Waals surface area contributed by atoms with Crippen LogP contribution in [0.1, 0.15) is 63.4 Å². The van der Waals surface area contributed by atoms with Crippen LogP contribution in [0.2, 0.25) is 0 Å². The van der Waals surface area contributed by atoms with E-state index in [1.807, 2.05) is 7.11 Å². The van der Waals surface area contributed by atoms with E-state index in [0.29, 0.717) is 0 Å². The van der Waals surface area contributed by atoms with Crippen molar-refractivity contribution in [2.24, 2.45) is 0 Å². The van der Waals surface area contributed by atoms with Crippen molar-refractivity contribution in [2.45, 2.75) is 57.5 Å². The van der Waals surface area contributed by atoms with Gasteiger partial charge in [-0.1, -0.05) is 82.3 Å². The Kier molecular flexibility index (Phi) is 7.76. The molecule has 1 aliphatic carbocycles. The van der Waals surface area contributed by atoms with Gasteiger partial charge in [0.05, 0.1) is 7.11 Å². The highest BCUT2D eigenvalue weighted by Gasteiger charge is 2.52. The van der Waals surface area contributed by atoms with E-state index in [4.69, 9.17) is 4.74 Å². The summed E-state index contributed by atoms with van der Waals surface area (Å²) < 4.78 is 6.17. The summed E-state index contributed by atoms with van der Waals surface area (Å²) in [6.07, 6.45) is 1.15. The highest BCUT2D eigenvalue weighted by molar-refractivity contribution is 7.95. The third-order valence-electron chi connectivity index (χ3n) is 8.23. The SMILES string of the molecule is COc1cc2c(cc1C(C)[P+](c1ccccc1)(c1ccccc1)c1ccccc1)C(C)(C)CC2(C)C.[Br-]. The molecule has 0 heterocycles. The Hall–Kier alpha value is -2.41. The van der Waals surface area contributed by atoms with E-state index in [0.717, 1.165) is 12.2 Å². The van der Waals surface area contributed by atoms with Crippen molar-refractivity contribution in [1.82, 2.24) is 0 Å². The Morgan fingerprint density at radius 2 is 1.03 bits per heavy atom. The summed E-state index contributed by atoms with van der Waals surface area (Å²) in [4.78, 5) is 0. The molecule has 192 valence electrons. The van der Waals surface area contributed by atoms with Gasteiger partial charge in [0.15, 0.2) is 0 Å². The fourth-order valence-electron chi connectivity index (χ4n) is 6.83. The van der Waals surface area contributed by atoms with Crippen LogP contribution >= 0.6 is 7.26 Å². The van der Waals surface area contributed by atoms with Crippen LogP contribution in [0.4, 0.5) is 0 Å². The minimum Gasteiger partial charge on any atom is -1.00 e. The van der Waals surface area contributed by atoms with E-state index in [1.54, 1.807) is 0 Å². The standard InChI is InChI=1S/C34H38OP.BrH/c1-25(29-22-30-31(23-32(29)35-6)34(4,5)24-33(30,2)3)36(26-16-10-7-11-17-26,27-18-12-8-13-19-27)28-20-14-9-15-21-28;/h7-23,25H,24H2,1-6H3;1H/q+1;/p-1. The van der Waals surface area contributed by atoms with E-state index in [1.165, 1.54) is 32.6 Å². The van der Waals surface area contributed by atoms with Crippen LogP contribution in [-0.2, 0) is 10.8 Å². The van der Waals surface area contributed by atoms with Gasteiger partial charge in [-0.25, -0.2) is 0 Å². The van der Waals surface area contributed by atoms with Gasteiger partial charge >= 0.3 is 0 Å². The third-order valence-corrected chi connectivity index (χ3v) is 13.0. The van der Waals surface area contributed by atoms with E-state index < -0.39 is 7.26 Å². The summed E-state index contributed by atoms with van der Waals surface area (Å²) in [6.45, 7) is 12.0. The molecule has 0 aromatic heterocycles. The second-order valence-corrected chi connectivity index (χ2v) is 15.3. The molecule has 0 saturated carbocycles. The number of benzene rings is 4. The van der Waals surface area contributed by atoms with E-state index >= 15 is 0 Å². The molecule has 1 nitrogen and oxygen atoms in total. The topological polar surface area (TPSA) is 9.23 Å². The largest absolute Gasteiger partial charge is 1.00 e. The molecule has 37 heavy (non-hydrogen) atoms. The zero-order chi connectivity index (χ0) is 25.6. The molecule has 4 aromatic rings. The molecule has 0 radical (unpaired) electrons. The fourth-order valence-corrected chi connectivity index (χ4v) is 11.6. The molecule has 1 aliphatic rings. The molecule has 3 heteroatoms. The molecule has 0 saturated heterocycles. The predicted octanol–water partition coefficient (Wildman–Crippen LogP) is 4.71. The molecule has 0 amide bonds. The van der Waals surface area contributed by atoms with Gasteiger partial charge in [0, 0.05) is 5.56 Å². The maximum Gasteiger partial charge on any atom is 0.126 e. The van der Waals surface area contributed by atoms with Crippen molar-refractivity contribution in [1.29, 1.82) is 0 Å². The first-order valence-corrected chi connectivity index (χ1v) is 14.9. The Morgan fingerprint density at radius 1 is 0.649 bits per heavy atom. The average Bonchev–Trinajstić information content (AvgIpc) is 3.08. The minimum absolute atomic E-state index is 0. The summed E-state index contributed by atoms with van der Waals surface area (Å²) in [5.41, 5.74) is 4.72. The van der Waals surface area contributed by atoms with Crippen molar-refractivity contribution in [3.63, 3.8) is 0 Å². The first kappa shape index (κ1) is 27.6. The van der Waals surface area contributed by atoms with Gasteiger partial charge in [-0.05, 0) is 83.8 Å². The molecular formula is C34H38BrOP. The van der Waals surface area contributed by atoms with Crippen molar-refractivity contribution >= 4 is 23.2 Å². The molecule has 0 N–H and O–H groups in total. The van der Waals surface area contributed by atoms with E-state index in [2.05, 4.69) is 138 Å². The smallest absolute Gasteiger partial charge is 0.126 e. The number of fused-ring (bicyclic) bond motifs is 1. The number of halogens is 1. The Labute approximate surface area is 234 Å². The lowest BCUT2D eigenvalue weighted by Crippen LogP contribution is -3.00. The lowest BCUT2D eigenvalue weighted by atomic mass is 9.82. The van der Waals surface area contributed by atoms with Gasteiger partial charge in [0.25, 0.3) is 0 Å². The monoisotopic (exact) mass is 572 g/mol. The van der Waals surface area contributed by atoms with Gasteiger partial charge in [-0.2, -0.15) is 0 Å². The number of ether oxygens (including phenoxy) is 1. The van der Waals surface area contributed by atoms with Crippen LogP contribution in [0.25, 0.3) is 0 Å². The van der Waals surface area contributed by atoms with Gasteiger partial charge in [0.2, 0.25) is 0 Å². The summed E-state index contributed by atoms with van der Waals surface area (Å²) in [6, 6.07) is 38.3. The minimum atomic E-state index is -2.09. The summed E-state index contributed by atoms with van der Waals surface area (Å²) in [5.74, 6) is 1.01. The Bertz CT molecular complexity index is 1250. The summed E-state index contributed by atoms with van der Waals surface area (Å²) in [7, 11) is -0.253. The quantitative estimate of drug-likeness (QED) is 0.304. The second kappa shape index (κ2) is 10.4. The van der Waals surface area contributed by atoms with Gasteiger partial charge < -0.3 is 21.7 Å². The molecule has 0 aliphatic heterocycles. The molecule has 0 bridgehead atoms.